The molecule has 0 aliphatic carbocycles. The van der Waals surface area contributed by atoms with Gasteiger partial charge in [0.25, 0.3) is 5.91 Å². The maximum absolute atomic E-state index is 12.8. The van der Waals surface area contributed by atoms with Crippen LogP contribution in [-0.2, 0) is 11.3 Å². The van der Waals surface area contributed by atoms with Crippen LogP contribution >= 0.6 is 0 Å². The van der Waals surface area contributed by atoms with Crippen molar-refractivity contribution in [2.24, 2.45) is 0 Å². The van der Waals surface area contributed by atoms with E-state index in [0.29, 0.717) is 13.0 Å². The molecular weight excluding hydrogens is 330 g/mol. The van der Waals surface area contributed by atoms with Gasteiger partial charge in [-0.15, -0.1) is 0 Å². The standard InChI is InChI=1S/C20H21N3O3/c1-2-22-11-9-14-13-15(7-8-16(14)22)21-19(24)17-5-3-10-23(17)20(25)18-6-4-12-26-18/h4,6-9,11-13,17H,2-3,5,10H2,1H3,(H,21,24)/t17-/m0/s1. The molecule has 1 N–H and O–H groups in total. The van der Waals surface area contributed by atoms with Gasteiger partial charge < -0.3 is 19.2 Å². The summed E-state index contributed by atoms with van der Waals surface area (Å²) in [7, 11) is 0. The summed E-state index contributed by atoms with van der Waals surface area (Å²) < 4.78 is 7.34. The average molecular weight is 351 g/mol. The SMILES string of the molecule is CCn1ccc2cc(NC(=O)[C@@H]3CCCN3C(=O)c3ccco3)ccc21. The Balaban J connectivity index is 1.51. The van der Waals surface area contributed by atoms with Crippen LogP contribution in [0, 0.1) is 0 Å². The summed E-state index contributed by atoms with van der Waals surface area (Å²) in [5, 5.41) is 4.04. The van der Waals surface area contributed by atoms with E-state index in [1.165, 1.54) is 6.26 Å². The van der Waals surface area contributed by atoms with E-state index in [-0.39, 0.29) is 17.6 Å². The quantitative estimate of drug-likeness (QED) is 0.782. The summed E-state index contributed by atoms with van der Waals surface area (Å²) in [6.45, 7) is 3.57. The Bertz CT molecular complexity index is 943. The number of carbonyl (C=O) groups excluding carboxylic acids is 2. The fourth-order valence-corrected chi connectivity index (χ4v) is 3.60. The maximum Gasteiger partial charge on any atom is 0.290 e. The second-order valence-electron chi connectivity index (χ2n) is 6.50. The Morgan fingerprint density at radius 1 is 1.27 bits per heavy atom. The van der Waals surface area contributed by atoms with Gasteiger partial charge >= 0.3 is 0 Å². The molecule has 1 aromatic carbocycles. The first-order valence-electron chi connectivity index (χ1n) is 8.91. The first-order valence-corrected chi connectivity index (χ1v) is 8.91. The van der Waals surface area contributed by atoms with Crippen molar-refractivity contribution in [2.75, 3.05) is 11.9 Å². The molecule has 1 atom stereocenters. The summed E-state index contributed by atoms with van der Waals surface area (Å²) in [4.78, 5) is 26.9. The molecule has 26 heavy (non-hydrogen) atoms. The van der Waals surface area contributed by atoms with Gasteiger partial charge in [0.15, 0.2) is 5.76 Å². The van der Waals surface area contributed by atoms with Crippen molar-refractivity contribution in [1.29, 1.82) is 0 Å². The Morgan fingerprint density at radius 2 is 2.15 bits per heavy atom. The van der Waals surface area contributed by atoms with Gasteiger partial charge in [-0.05, 0) is 56.2 Å². The molecule has 6 nitrogen and oxygen atoms in total. The molecule has 134 valence electrons. The van der Waals surface area contributed by atoms with Gasteiger partial charge in [0.1, 0.15) is 6.04 Å². The van der Waals surface area contributed by atoms with E-state index in [0.717, 1.165) is 29.6 Å². The fourth-order valence-electron chi connectivity index (χ4n) is 3.60. The molecule has 1 aliphatic rings. The predicted molar refractivity (Wildman–Crippen MR) is 99.0 cm³/mol. The topological polar surface area (TPSA) is 67.5 Å². The number of aromatic nitrogens is 1. The van der Waals surface area contributed by atoms with Crippen LogP contribution in [0.5, 0.6) is 0 Å². The number of benzene rings is 1. The number of likely N-dealkylation sites (tertiary alicyclic amines) is 1. The summed E-state index contributed by atoms with van der Waals surface area (Å²) in [6, 6.07) is 10.7. The highest BCUT2D eigenvalue weighted by Gasteiger charge is 2.35. The minimum atomic E-state index is -0.469. The lowest BCUT2D eigenvalue weighted by molar-refractivity contribution is -0.119. The number of rotatable bonds is 4. The van der Waals surface area contributed by atoms with Crippen molar-refractivity contribution < 1.29 is 14.0 Å². The number of nitrogens with one attached hydrogen (secondary N) is 1. The minimum absolute atomic E-state index is 0.156. The summed E-state index contributed by atoms with van der Waals surface area (Å²) in [5.41, 5.74) is 1.88. The molecule has 0 bridgehead atoms. The third-order valence-electron chi connectivity index (χ3n) is 4.93. The Labute approximate surface area is 151 Å². The molecule has 0 radical (unpaired) electrons. The predicted octanol–water partition coefficient (Wildman–Crippen LogP) is 3.50. The maximum atomic E-state index is 12.8. The van der Waals surface area contributed by atoms with Gasteiger partial charge in [-0.2, -0.15) is 0 Å². The van der Waals surface area contributed by atoms with Crippen LogP contribution in [0.1, 0.15) is 30.3 Å². The van der Waals surface area contributed by atoms with Crippen molar-refractivity contribution in [3.63, 3.8) is 0 Å². The number of fused-ring (bicyclic) bond motifs is 1. The number of aryl methyl sites for hydroxylation is 1. The molecule has 1 saturated heterocycles. The van der Waals surface area contributed by atoms with Crippen LogP contribution in [-0.4, -0.2) is 33.9 Å². The monoisotopic (exact) mass is 351 g/mol. The van der Waals surface area contributed by atoms with Gasteiger partial charge in [-0.25, -0.2) is 0 Å². The first kappa shape index (κ1) is 16.4. The molecular formula is C20H21N3O3. The smallest absolute Gasteiger partial charge is 0.290 e. The molecule has 1 fully saturated rings. The van der Waals surface area contributed by atoms with E-state index in [4.69, 9.17) is 4.42 Å². The van der Waals surface area contributed by atoms with E-state index in [1.807, 2.05) is 30.5 Å². The van der Waals surface area contributed by atoms with E-state index in [1.54, 1.807) is 17.0 Å². The first-order chi connectivity index (χ1) is 12.7. The lowest BCUT2D eigenvalue weighted by Crippen LogP contribution is -2.43. The highest BCUT2D eigenvalue weighted by Crippen LogP contribution is 2.24. The van der Waals surface area contributed by atoms with Gasteiger partial charge in [0, 0.05) is 35.9 Å². The molecule has 1 aliphatic heterocycles. The van der Waals surface area contributed by atoms with E-state index in [9.17, 15) is 9.59 Å². The lowest BCUT2D eigenvalue weighted by atomic mass is 10.1. The Hall–Kier alpha value is -3.02. The number of hydrogen-bond acceptors (Lipinski definition) is 3. The van der Waals surface area contributed by atoms with E-state index >= 15 is 0 Å². The molecule has 0 saturated carbocycles. The summed E-state index contributed by atoms with van der Waals surface area (Å²) in [6.07, 6.45) is 4.97. The average Bonchev–Trinajstić information content (AvgIpc) is 3.40. The zero-order chi connectivity index (χ0) is 18.1. The second-order valence-corrected chi connectivity index (χ2v) is 6.50. The normalized spacial score (nSPS) is 17.0. The molecule has 4 rings (SSSR count). The summed E-state index contributed by atoms with van der Waals surface area (Å²) >= 11 is 0. The molecule has 0 unspecified atom stereocenters. The Morgan fingerprint density at radius 3 is 2.92 bits per heavy atom. The van der Waals surface area contributed by atoms with Crippen molar-refractivity contribution in [2.45, 2.75) is 32.4 Å². The van der Waals surface area contributed by atoms with Crippen molar-refractivity contribution in [1.82, 2.24) is 9.47 Å². The third-order valence-corrected chi connectivity index (χ3v) is 4.93. The molecule has 2 aromatic heterocycles. The largest absolute Gasteiger partial charge is 0.459 e. The zero-order valence-corrected chi connectivity index (χ0v) is 14.6. The van der Waals surface area contributed by atoms with Crippen LogP contribution < -0.4 is 5.32 Å². The minimum Gasteiger partial charge on any atom is -0.459 e. The highest BCUT2D eigenvalue weighted by molar-refractivity contribution is 6.01. The lowest BCUT2D eigenvalue weighted by Gasteiger charge is -2.23. The van der Waals surface area contributed by atoms with Crippen LogP contribution in [0.25, 0.3) is 10.9 Å². The number of anilines is 1. The number of furan rings is 1. The second kappa shape index (κ2) is 6.71. The van der Waals surface area contributed by atoms with Crippen molar-refractivity contribution in [3.05, 3.63) is 54.6 Å². The van der Waals surface area contributed by atoms with E-state index in [2.05, 4.69) is 16.8 Å². The Kier molecular flexibility index (Phi) is 4.24. The zero-order valence-electron chi connectivity index (χ0n) is 14.6. The third kappa shape index (κ3) is 2.87. The molecule has 3 heterocycles. The number of carbonyl (C=O) groups is 2. The van der Waals surface area contributed by atoms with Gasteiger partial charge in [0.05, 0.1) is 6.26 Å². The number of amides is 2. The van der Waals surface area contributed by atoms with Crippen molar-refractivity contribution >= 4 is 28.4 Å². The van der Waals surface area contributed by atoms with E-state index < -0.39 is 6.04 Å². The molecule has 3 aromatic rings. The molecule has 6 heteroatoms. The number of hydrogen-bond donors (Lipinski definition) is 1. The fraction of sp³-hybridized carbons (Fsp3) is 0.300. The van der Waals surface area contributed by atoms with Crippen LogP contribution in [0.2, 0.25) is 0 Å². The van der Waals surface area contributed by atoms with Crippen LogP contribution in [0.15, 0.2) is 53.3 Å². The van der Waals surface area contributed by atoms with Gasteiger partial charge in [0.2, 0.25) is 5.91 Å². The van der Waals surface area contributed by atoms with Gasteiger partial charge in [-0.3, -0.25) is 9.59 Å². The number of nitrogens with zero attached hydrogens (tertiary/aromatic N) is 2. The highest BCUT2D eigenvalue weighted by atomic mass is 16.3. The molecule has 2 amide bonds. The van der Waals surface area contributed by atoms with Crippen LogP contribution in [0.4, 0.5) is 5.69 Å². The summed E-state index contributed by atoms with van der Waals surface area (Å²) in [5.74, 6) is -0.119. The van der Waals surface area contributed by atoms with Gasteiger partial charge in [-0.1, -0.05) is 0 Å². The molecule has 0 spiro atoms. The van der Waals surface area contributed by atoms with Crippen molar-refractivity contribution in [3.8, 4) is 0 Å². The van der Waals surface area contributed by atoms with Crippen LogP contribution in [0.3, 0.4) is 0 Å².